The molecule has 0 spiro atoms. The summed E-state index contributed by atoms with van der Waals surface area (Å²) >= 11 is 0. The lowest BCUT2D eigenvalue weighted by molar-refractivity contribution is 0.973. The van der Waals surface area contributed by atoms with Gasteiger partial charge < -0.3 is 4.57 Å². The molecule has 0 N–H and O–H groups in total. The van der Waals surface area contributed by atoms with Crippen molar-refractivity contribution >= 4 is 54.1 Å². The zero-order valence-corrected chi connectivity index (χ0v) is 14.4. The maximum absolute atomic E-state index is 4.75. The molecular formula is C24H16N2. The van der Waals surface area contributed by atoms with Gasteiger partial charge in [0, 0.05) is 41.0 Å². The van der Waals surface area contributed by atoms with Crippen molar-refractivity contribution in [3.8, 4) is 0 Å². The first-order valence-electron chi connectivity index (χ1n) is 8.89. The van der Waals surface area contributed by atoms with E-state index in [1.54, 1.807) is 0 Å². The van der Waals surface area contributed by atoms with E-state index in [0.717, 1.165) is 5.52 Å². The molecule has 0 aliphatic carbocycles. The molecular weight excluding hydrogens is 316 g/mol. The first kappa shape index (κ1) is 13.9. The molecule has 0 fully saturated rings. The molecule has 0 aliphatic heterocycles. The zero-order chi connectivity index (χ0) is 17.3. The Morgan fingerprint density at radius 1 is 0.654 bits per heavy atom. The van der Waals surface area contributed by atoms with Crippen LogP contribution < -0.4 is 0 Å². The van der Waals surface area contributed by atoms with E-state index >= 15 is 0 Å². The second-order valence-corrected chi connectivity index (χ2v) is 6.96. The SMILES string of the molecule is Cn1ccc2c3ncccc3c3c(ccc4ccc5ccccc5c43)c21. The van der Waals surface area contributed by atoms with Crippen LogP contribution in [0.3, 0.4) is 0 Å². The molecule has 6 rings (SSSR count). The van der Waals surface area contributed by atoms with Gasteiger partial charge in [0.25, 0.3) is 0 Å². The lowest BCUT2D eigenvalue weighted by Gasteiger charge is -2.13. The van der Waals surface area contributed by atoms with E-state index in [0.29, 0.717) is 0 Å². The normalized spacial score (nSPS) is 12.0. The number of aryl methyl sites for hydroxylation is 1. The summed E-state index contributed by atoms with van der Waals surface area (Å²) in [6, 6.07) is 24.0. The number of pyridine rings is 1. The molecule has 122 valence electrons. The summed E-state index contributed by atoms with van der Waals surface area (Å²) < 4.78 is 2.21. The molecule has 4 aromatic carbocycles. The zero-order valence-electron chi connectivity index (χ0n) is 14.4. The average molecular weight is 332 g/mol. The standard InChI is InChI=1S/C24H16N2/c1-26-14-12-20-23-18(7-4-13-25-23)22-19(24(20)26)11-10-16-9-8-15-5-2-3-6-17(15)21(16)22/h2-14H,1H3. The predicted molar refractivity (Wildman–Crippen MR) is 111 cm³/mol. The van der Waals surface area contributed by atoms with Crippen LogP contribution in [0.1, 0.15) is 0 Å². The molecule has 0 bridgehead atoms. The molecule has 0 saturated heterocycles. The van der Waals surface area contributed by atoms with E-state index in [-0.39, 0.29) is 0 Å². The van der Waals surface area contributed by atoms with Crippen LogP contribution >= 0.6 is 0 Å². The van der Waals surface area contributed by atoms with Gasteiger partial charge in [-0.25, -0.2) is 0 Å². The minimum atomic E-state index is 1.08. The van der Waals surface area contributed by atoms with Gasteiger partial charge in [0.05, 0.1) is 11.0 Å². The molecule has 26 heavy (non-hydrogen) atoms. The number of aromatic nitrogens is 2. The molecule has 0 radical (unpaired) electrons. The molecule has 0 amide bonds. The van der Waals surface area contributed by atoms with Crippen LogP contribution in [-0.4, -0.2) is 9.55 Å². The molecule has 0 unspecified atom stereocenters. The lowest BCUT2D eigenvalue weighted by Crippen LogP contribution is -1.90. The topological polar surface area (TPSA) is 17.8 Å². The number of hydrogen-bond acceptors (Lipinski definition) is 1. The molecule has 2 nitrogen and oxygen atoms in total. The highest BCUT2D eigenvalue weighted by Crippen LogP contribution is 2.40. The summed E-state index contributed by atoms with van der Waals surface area (Å²) in [7, 11) is 2.11. The third-order valence-corrected chi connectivity index (χ3v) is 5.57. The number of hydrogen-bond donors (Lipinski definition) is 0. The molecule has 2 heteroatoms. The van der Waals surface area contributed by atoms with E-state index in [9.17, 15) is 0 Å². The van der Waals surface area contributed by atoms with Crippen molar-refractivity contribution < 1.29 is 0 Å². The Morgan fingerprint density at radius 2 is 1.46 bits per heavy atom. The molecule has 0 aliphatic rings. The van der Waals surface area contributed by atoms with Crippen molar-refractivity contribution in [1.82, 2.24) is 9.55 Å². The second kappa shape index (κ2) is 4.83. The van der Waals surface area contributed by atoms with Crippen LogP contribution in [0.4, 0.5) is 0 Å². The van der Waals surface area contributed by atoms with E-state index in [2.05, 4.69) is 78.5 Å². The highest BCUT2D eigenvalue weighted by Gasteiger charge is 2.15. The number of nitrogens with zero attached hydrogens (tertiary/aromatic N) is 2. The van der Waals surface area contributed by atoms with Gasteiger partial charge in [0.1, 0.15) is 0 Å². The fourth-order valence-corrected chi connectivity index (χ4v) is 4.45. The van der Waals surface area contributed by atoms with Crippen LogP contribution in [0.25, 0.3) is 54.1 Å². The highest BCUT2D eigenvalue weighted by molar-refractivity contribution is 6.33. The van der Waals surface area contributed by atoms with Crippen LogP contribution in [0.2, 0.25) is 0 Å². The highest BCUT2D eigenvalue weighted by atomic mass is 14.9. The van der Waals surface area contributed by atoms with Crippen molar-refractivity contribution in [2.24, 2.45) is 7.05 Å². The Kier molecular flexibility index (Phi) is 2.57. The summed E-state index contributed by atoms with van der Waals surface area (Å²) in [4.78, 5) is 4.75. The smallest absolute Gasteiger partial charge is 0.0802 e. The predicted octanol–water partition coefficient (Wildman–Crippen LogP) is 6.19. The molecule has 2 aromatic heterocycles. The van der Waals surface area contributed by atoms with Gasteiger partial charge in [0.2, 0.25) is 0 Å². The summed E-state index contributed by atoms with van der Waals surface area (Å²) in [6.45, 7) is 0. The molecule has 6 aromatic rings. The Morgan fingerprint density at radius 3 is 2.42 bits per heavy atom. The lowest BCUT2D eigenvalue weighted by atomic mass is 9.92. The van der Waals surface area contributed by atoms with Gasteiger partial charge >= 0.3 is 0 Å². The maximum atomic E-state index is 4.75. The van der Waals surface area contributed by atoms with Gasteiger partial charge in [-0.1, -0.05) is 54.6 Å². The van der Waals surface area contributed by atoms with Gasteiger partial charge in [-0.2, -0.15) is 0 Å². The Hall–Kier alpha value is -3.39. The van der Waals surface area contributed by atoms with Crippen molar-refractivity contribution in [3.63, 3.8) is 0 Å². The molecule has 0 saturated carbocycles. The van der Waals surface area contributed by atoms with Gasteiger partial charge in [-0.05, 0) is 33.7 Å². The van der Waals surface area contributed by atoms with Crippen LogP contribution in [0.15, 0.2) is 79.1 Å². The summed E-state index contributed by atoms with van der Waals surface area (Å²) in [5.41, 5.74) is 2.33. The maximum Gasteiger partial charge on any atom is 0.0802 e. The van der Waals surface area contributed by atoms with E-state index in [1.165, 1.54) is 48.6 Å². The van der Waals surface area contributed by atoms with E-state index in [1.807, 2.05) is 12.3 Å². The minimum Gasteiger partial charge on any atom is -0.350 e. The van der Waals surface area contributed by atoms with Gasteiger partial charge in [-0.15, -0.1) is 0 Å². The third-order valence-electron chi connectivity index (χ3n) is 5.57. The Balaban J connectivity index is 2.07. The summed E-state index contributed by atoms with van der Waals surface area (Å²) in [6.07, 6.45) is 4.02. The van der Waals surface area contributed by atoms with Crippen molar-refractivity contribution in [2.75, 3.05) is 0 Å². The average Bonchev–Trinajstić information content (AvgIpc) is 3.09. The Bertz CT molecular complexity index is 1490. The fraction of sp³-hybridized carbons (Fsp3) is 0.0417. The van der Waals surface area contributed by atoms with Gasteiger partial charge in [-0.3, -0.25) is 4.98 Å². The molecule has 0 atom stereocenters. The van der Waals surface area contributed by atoms with Crippen LogP contribution in [0, 0.1) is 0 Å². The third kappa shape index (κ3) is 1.64. The van der Waals surface area contributed by atoms with Crippen molar-refractivity contribution in [1.29, 1.82) is 0 Å². The first-order chi connectivity index (χ1) is 12.8. The fourth-order valence-electron chi connectivity index (χ4n) is 4.45. The van der Waals surface area contributed by atoms with Crippen molar-refractivity contribution in [2.45, 2.75) is 0 Å². The number of rotatable bonds is 0. The van der Waals surface area contributed by atoms with E-state index in [4.69, 9.17) is 4.98 Å². The molecule has 2 heterocycles. The van der Waals surface area contributed by atoms with Crippen molar-refractivity contribution in [3.05, 3.63) is 79.1 Å². The monoisotopic (exact) mass is 332 g/mol. The summed E-state index contributed by atoms with van der Waals surface area (Å²) in [5, 5.41) is 10.2. The quantitative estimate of drug-likeness (QED) is 0.303. The minimum absolute atomic E-state index is 1.08. The van der Waals surface area contributed by atoms with Crippen LogP contribution in [0.5, 0.6) is 0 Å². The summed E-state index contributed by atoms with van der Waals surface area (Å²) in [5.74, 6) is 0. The number of fused-ring (bicyclic) bond motifs is 10. The first-order valence-corrected chi connectivity index (χ1v) is 8.89. The van der Waals surface area contributed by atoms with Gasteiger partial charge in [0.15, 0.2) is 0 Å². The van der Waals surface area contributed by atoms with Crippen LogP contribution in [-0.2, 0) is 7.05 Å². The Labute approximate surface area is 150 Å². The largest absolute Gasteiger partial charge is 0.350 e. The second-order valence-electron chi connectivity index (χ2n) is 6.96. The van der Waals surface area contributed by atoms with E-state index < -0.39 is 0 Å². The number of benzene rings is 4.